The van der Waals surface area contributed by atoms with Gasteiger partial charge in [-0.15, -0.1) is 0 Å². The third-order valence-corrected chi connectivity index (χ3v) is 0. The second-order valence-electron chi connectivity index (χ2n) is 0. The van der Waals surface area contributed by atoms with E-state index in [1.807, 2.05) is 0 Å². The van der Waals surface area contributed by atoms with Crippen LogP contribution in [-0.2, 0) is 4.80 Å². The zero-order chi connectivity index (χ0) is 4.00. The van der Waals surface area contributed by atoms with E-state index in [0.717, 1.165) is 0 Å². The summed E-state index contributed by atoms with van der Waals surface area (Å²) in [5, 5.41) is 0. The molecular formula is HAlO2Pr. The van der Waals surface area contributed by atoms with Crippen molar-refractivity contribution in [2.24, 2.45) is 0 Å². The Labute approximate surface area is 59.4 Å². The summed E-state index contributed by atoms with van der Waals surface area (Å²) >= 11 is 0.528. The van der Waals surface area contributed by atoms with Crippen molar-refractivity contribution in [3.8, 4) is 0 Å². The molecule has 2 nitrogen and oxygen atoms in total. The first kappa shape index (κ1) is 9.09. The van der Waals surface area contributed by atoms with Crippen LogP contribution in [0.5, 0.6) is 0 Å². The van der Waals surface area contributed by atoms with Crippen molar-refractivity contribution in [1.82, 2.24) is 0 Å². The zero-order valence-electron chi connectivity index (χ0n) is 2.10. The molecule has 0 bridgehead atoms. The van der Waals surface area contributed by atoms with Gasteiger partial charge in [0.15, 0.2) is 0 Å². The summed E-state index contributed by atoms with van der Waals surface area (Å²) in [5.74, 6) is 0. The Morgan fingerprint density at radius 1 is 1.25 bits per heavy atom. The van der Waals surface area contributed by atoms with E-state index in [1.54, 1.807) is 0 Å². The van der Waals surface area contributed by atoms with Crippen LogP contribution in [0.1, 0.15) is 0 Å². The normalized spacial score (nSPS) is 2.25. The number of hydrogen-bond donors (Lipinski definition) is 0. The Bertz CT molecular complexity index is 8.00. The van der Waals surface area contributed by atoms with Gasteiger partial charge in [-0.05, 0) is 0 Å². The second-order valence-corrected chi connectivity index (χ2v) is 0. The molecule has 0 atom stereocenters. The summed E-state index contributed by atoms with van der Waals surface area (Å²) in [6, 6.07) is 0. The van der Waals surface area contributed by atoms with E-state index in [-0.39, 0.29) is 39.3 Å². The Kier molecular flexibility index (Phi) is 55.8. The van der Waals surface area contributed by atoms with Crippen LogP contribution < -0.4 is 0 Å². The van der Waals surface area contributed by atoms with Crippen molar-refractivity contribution in [3.05, 3.63) is 0 Å². The van der Waals surface area contributed by atoms with Crippen molar-refractivity contribution >= 4 is 16.2 Å². The van der Waals surface area contributed by atoms with Gasteiger partial charge in [0, 0.05) is 0 Å². The first-order chi connectivity index (χ1) is 2.00. The van der Waals surface area contributed by atoms with Crippen LogP contribution in [0.4, 0.5) is 0 Å². The second kappa shape index (κ2) is 24.6. The van der Waals surface area contributed by atoms with E-state index in [1.165, 1.54) is 0 Å². The Hall–Kier alpha value is 1.50. The molecule has 0 fully saturated rings. The van der Waals surface area contributed by atoms with E-state index >= 15 is 0 Å². The van der Waals surface area contributed by atoms with Crippen molar-refractivity contribution in [3.63, 3.8) is 0 Å². The fourth-order valence-corrected chi connectivity index (χ4v) is 0. The molecule has 0 aliphatic carbocycles. The molecule has 4 heteroatoms. The van der Waals surface area contributed by atoms with Crippen LogP contribution in [0, 0.1) is 39.3 Å². The molecule has 0 rings (SSSR count). The van der Waals surface area contributed by atoms with Gasteiger partial charge in [0.2, 0.25) is 0 Å². The van der Waals surface area contributed by atoms with Crippen molar-refractivity contribution in [2.45, 2.75) is 0 Å². The summed E-state index contributed by atoms with van der Waals surface area (Å²) in [5.41, 5.74) is 0. The zero-order valence-corrected chi connectivity index (χ0v) is 7.22. The van der Waals surface area contributed by atoms with Gasteiger partial charge in [-0.3, -0.25) is 0 Å². The molecule has 0 radical (unpaired) electrons. The van der Waals surface area contributed by atoms with Crippen molar-refractivity contribution in [2.75, 3.05) is 0 Å². The molecule has 0 aromatic heterocycles. The minimum atomic E-state index is -0.0833. The van der Waals surface area contributed by atoms with Crippen LogP contribution in [0.15, 0.2) is 0 Å². The van der Waals surface area contributed by atoms with Gasteiger partial charge in [0.05, 0.1) is 0 Å². The standard InChI is InChI=1S/Al.2O.Pr.H. The van der Waals surface area contributed by atoms with Gasteiger partial charge in [0.25, 0.3) is 0 Å². The Morgan fingerprint density at radius 2 is 1.25 bits per heavy atom. The number of hydrogen-bond acceptors (Lipinski definition) is 2. The van der Waals surface area contributed by atoms with E-state index in [0.29, 0.717) is 16.2 Å². The molecular weight excluding hydrogens is 200 g/mol. The molecule has 0 saturated heterocycles. The molecule has 0 aromatic rings. The summed E-state index contributed by atoms with van der Waals surface area (Å²) in [7, 11) is 0. The van der Waals surface area contributed by atoms with E-state index < -0.39 is 0 Å². The average Bonchev–Trinajstić information content (AvgIpc) is 1.50. The minimum absolute atomic E-state index is 0.0833. The molecule has 0 aliphatic rings. The van der Waals surface area contributed by atoms with E-state index in [4.69, 9.17) is 4.80 Å². The molecule has 0 aromatic carbocycles. The van der Waals surface area contributed by atoms with Crippen LogP contribution in [0.3, 0.4) is 0 Å². The van der Waals surface area contributed by atoms with Crippen LogP contribution in [0.2, 0.25) is 0 Å². The van der Waals surface area contributed by atoms with E-state index in [9.17, 15) is 0 Å². The van der Waals surface area contributed by atoms with Crippen molar-refractivity contribution in [1.29, 1.82) is 0 Å². The third-order valence-electron chi connectivity index (χ3n) is 0. The van der Waals surface area contributed by atoms with Crippen LogP contribution in [-0.4, -0.2) is 16.2 Å². The molecule has 19 valence electrons. The molecule has 0 amide bonds. The Balaban J connectivity index is 0. The third kappa shape index (κ3) is 9.73. The quantitative estimate of drug-likeness (QED) is 0.476. The SMILES string of the molecule is [O]=[AlH].[O]=[Pr]. The average molecular weight is 201 g/mol. The molecule has 0 aliphatic heterocycles. The van der Waals surface area contributed by atoms with Gasteiger partial charge in [0.1, 0.15) is 0 Å². The molecule has 4 heavy (non-hydrogen) atoms. The summed E-state index contributed by atoms with van der Waals surface area (Å²) in [6.45, 7) is 0. The summed E-state index contributed by atoms with van der Waals surface area (Å²) in [6.07, 6.45) is 0. The maximum absolute atomic E-state index is 8.42. The fourth-order valence-electron chi connectivity index (χ4n) is 0. The van der Waals surface area contributed by atoms with Gasteiger partial charge in [-0.1, -0.05) is 0 Å². The predicted molar refractivity (Wildman–Crippen MR) is 8.52 cm³/mol. The first-order valence-electron chi connectivity index (χ1n) is 0.524. The van der Waals surface area contributed by atoms with Gasteiger partial charge in [-0.25, -0.2) is 0 Å². The van der Waals surface area contributed by atoms with Crippen molar-refractivity contribution < 1.29 is 44.1 Å². The summed E-state index contributed by atoms with van der Waals surface area (Å²) < 4.78 is 16.7. The van der Waals surface area contributed by atoms with Crippen LogP contribution in [0.25, 0.3) is 0 Å². The molecule has 0 unspecified atom stereocenters. The topological polar surface area (TPSA) is 34.1 Å². The van der Waals surface area contributed by atoms with Gasteiger partial charge >= 0.3 is 60.4 Å². The Morgan fingerprint density at radius 3 is 1.25 bits per heavy atom. The van der Waals surface area contributed by atoms with E-state index in [2.05, 4.69) is 0 Å². The molecule has 0 N–H and O–H groups in total. The fraction of sp³-hybridized carbons (Fsp3) is 0. The maximum atomic E-state index is 8.42. The molecule has 0 spiro atoms. The predicted octanol–water partition coefficient (Wildman–Crippen LogP) is -0.886. The first-order valence-corrected chi connectivity index (χ1v) is 2.61. The molecule has 0 heterocycles. The molecule has 0 saturated carbocycles. The summed E-state index contributed by atoms with van der Waals surface area (Å²) in [4.78, 5) is 0. The van der Waals surface area contributed by atoms with Gasteiger partial charge in [-0.2, -0.15) is 0 Å². The monoisotopic (exact) mass is 201 g/mol. The van der Waals surface area contributed by atoms with Crippen LogP contribution >= 0.6 is 0 Å². The van der Waals surface area contributed by atoms with Gasteiger partial charge < -0.3 is 0 Å². The number of rotatable bonds is 0.